The van der Waals surface area contributed by atoms with E-state index in [0.29, 0.717) is 0 Å². The normalized spacial score (nSPS) is 10.8. The highest BCUT2D eigenvalue weighted by Crippen LogP contribution is 2.26. The minimum Gasteiger partial charge on any atom is -0.406 e. The van der Waals surface area contributed by atoms with Crippen molar-refractivity contribution in [2.24, 2.45) is 0 Å². The van der Waals surface area contributed by atoms with Gasteiger partial charge < -0.3 is 4.74 Å². The van der Waals surface area contributed by atoms with Crippen LogP contribution in [0.2, 0.25) is 0 Å². The van der Waals surface area contributed by atoms with Gasteiger partial charge in [-0.2, -0.15) is 5.26 Å². The maximum absolute atomic E-state index is 11.8. The van der Waals surface area contributed by atoms with Crippen LogP contribution < -0.4 is 4.74 Å². The van der Waals surface area contributed by atoms with Gasteiger partial charge in [-0.15, -0.1) is 13.2 Å². The predicted octanol–water partition coefficient (Wildman–Crippen LogP) is 2.64. The predicted molar refractivity (Wildman–Crippen MR) is 42.3 cm³/mol. The van der Waals surface area contributed by atoms with E-state index in [4.69, 9.17) is 5.26 Å². The van der Waals surface area contributed by atoms with E-state index >= 15 is 0 Å². The quantitative estimate of drug-likeness (QED) is 0.698. The molecule has 2 nitrogen and oxygen atoms in total. The summed E-state index contributed by atoms with van der Waals surface area (Å²) in [6, 6.07) is 5.30. The first kappa shape index (κ1) is 10.4. The Morgan fingerprint density at radius 2 is 2.00 bits per heavy atom. The molecule has 0 aliphatic heterocycles. The molecule has 0 N–H and O–H groups in total. The summed E-state index contributed by atoms with van der Waals surface area (Å²) in [6.07, 6.45) is -4.74. The highest BCUT2D eigenvalue weighted by Gasteiger charge is 2.31. The molecule has 5 heteroatoms. The van der Waals surface area contributed by atoms with Crippen LogP contribution in [-0.4, -0.2) is 6.36 Å². The first-order chi connectivity index (χ1) is 6.42. The third-order valence-corrected chi connectivity index (χ3v) is 1.42. The van der Waals surface area contributed by atoms with Crippen LogP contribution >= 0.6 is 0 Å². The number of benzene rings is 1. The highest BCUT2D eigenvalue weighted by atomic mass is 19.4. The number of halogens is 3. The van der Waals surface area contributed by atoms with Gasteiger partial charge in [-0.3, -0.25) is 0 Å². The van der Waals surface area contributed by atoms with Crippen molar-refractivity contribution in [2.75, 3.05) is 0 Å². The Labute approximate surface area is 78.5 Å². The standard InChI is InChI=1S/C9H5F3NO/c1-6-4-7(5-13)2-3-8(6)14-9(10,11)12/h2-4H,1H2. The highest BCUT2D eigenvalue weighted by molar-refractivity contribution is 5.43. The molecule has 1 aromatic rings. The van der Waals surface area contributed by atoms with Crippen LogP contribution in [0.15, 0.2) is 18.2 Å². The van der Waals surface area contributed by atoms with Gasteiger partial charge >= 0.3 is 6.36 Å². The molecule has 14 heavy (non-hydrogen) atoms. The maximum atomic E-state index is 11.8. The van der Waals surface area contributed by atoms with Gasteiger partial charge in [0.25, 0.3) is 0 Å². The summed E-state index contributed by atoms with van der Waals surface area (Å²) in [4.78, 5) is 0. The second-order valence-electron chi connectivity index (χ2n) is 2.48. The van der Waals surface area contributed by atoms with E-state index < -0.39 is 12.1 Å². The minimum absolute atomic E-state index is 0.0291. The molecular weight excluding hydrogens is 195 g/mol. The molecular formula is C9H5F3NO. The molecule has 0 saturated carbocycles. The van der Waals surface area contributed by atoms with Crippen LogP contribution in [-0.2, 0) is 0 Å². The average Bonchev–Trinajstić information content (AvgIpc) is 2.06. The summed E-state index contributed by atoms with van der Waals surface area (Å²) in [5.74, 6) is -0.392. The van der Waals surface area contributed by atoms with Crippen molar-refractivity contribution in [1.29, 1.82) is 5.26 Å². The summed E-state index contributed by atoms with van der Waals surface area (Å²) in [5, 5.41) is 8.44. The van der Waals surface area contributed by atoms with Crippen molar-refractivity contribution in [2.45, 2.75) is 6.36 Å². The molecule has 1 rings (SSSR count). The van der Waals surface area contributed by atoms with E-state index in [9.17, 15) is 13.2 Å². The summed E-state index contributed by atoms with van der Waals surface area (Å²) >= 11 is 0. The number of nitriles is 1. The second kappa shape index (κ2) is 3.58. The Morgan fingerprint density at radius 3 is 2.43 bits per heavy atom. The molecule has 0 heterocycles. The fraction of sp³-hybridized carbons (Fsp3) is 0.111. The van der Waals surface area contributed by atoms with Crippen LogP contribution in [0.3, 0.4) is 0 Å². The van der Waals surface area contributed by atoms with Gasteiger partial charge in [0.2, 0.25) is 0 Å². The molecule has 0 amide bonds. The maximum Gasteiger partial charge on any atom is 0.573 e. The lowest BCUT2D eigenvalue weighted by molar-refractivity contribution is -0.274. The van der Waals surface area contributed by atoms with Crippen LogP contribution in [0, 0.1) is 18.3 Å². The lowest BCUT2D eigenvalue weighted by Gasteiger charge is -2.10. The lowest BCUT2D eigenvalue weighted by atomic mass is 10.1. The van der Waals surface area contributed by atoms with Gasteiger partial charge in [-0.1, -0.05) is 0 Å². The SMILES string of the molecule is [CH2]c1cc(C#N)ccc1OC(F)(F)F. The summed E-state index contributed by atoms with van der Waals surface area (Å²) < 4.78 is 39.0. The Bertz CT molecular complexity index is 379. The first-order valence-corrected chi connectivity index (χ1v) is 3.54. The van der Waals surface area contributed by atoms with Crippen LogP contribution in [0.5, 0.6) is 5.75 Å². The van der Waals surface area contributed by atoms with Crippen molar-refractivity contribution in [3.05, 3.63) is 36.2 Å². The summed E-state index contributed by atoms with van der Waals surface area (Å²) in [7, 11) is 0. The summed E-state index contributed by atoms with van der Waals surface area (Å²) in [6.45, 7) is 3.34. The monoisotopic (exact) mass is 200 g/mol. The molecule has 0 saturated heterocycles. The number of ether oxygens (including phenoxy) is 1. The van der Waals surface area contributed by atoms with Crippen LogP contribution in [0.4, 0.5) is 13.2 Å². The van der Waals surface area contributed by atoms with E-state index in [-0.39, 0.29) is 11.1 Å². The fourth-order valence-corrected chi connectivity index (χ4v) is 0.873. The Morgan fingerprint density at radius 1 is 1.36 bits per heavy atom. The zero-order chi connectivity index (χ0) is 10.8. The Balaban J connectivity index is 2.97. The minimum atomic E-state index is -4.74. The first-order valence-electron chi connectivity index (χ1n) is 3.54. The number of rotatable bonds is 1. The molecule has 0 aromatic heterocycles. The van der Waals surface area contributed by atoms with Gasteiger partial charge in [0.05, 0.1) is 11.6 Å². The summed E-state index contributed by atoms with van der Waals surface area (Å²) in [5.41, 5.74) is 0.269. The van der Waals surface area contributed by atoms with Gasteiger partial charge in [0, 0.05) is 0 Å². The molecule has 0 aliphatic rings. The third kappa shape index (κ3) is 2.66. The largest absolute Gasteiger partial charge is 0.573 e. The zero-order valence-corrected chi connectivity index (χ0v) is 6.93. The topological polar surface area (TPSA) is 33.0 Å². The molecule has 0 aliphatic carbocycles. The average molecular weight is 200 g/mol. The zero-order valence-electron chi connectivity index (χ0n) is 6.93. The number of nitrogens with zero attached hydrogens (tertiary/aromatic N) is 1. The Hall–Kier alpha value is -1.70. The van der Waals surface area contributed by atoms with Gasteiger partial charge in [-0.25, -0.2) is 0 Å². The molecule has 0 bridgehead atoms. The van der Waals surface area contributed by atoms with E-state index in [1.54, 1.807) is 6.07 Å². The van der Waals surface area contributed by atoms with Gasteiger partial charge in [0.15, 0.2) is 0 Å². The smallest absolute Gasteiger partial charge is 0.406 e. The molecule has 1 radical (unpaired) electrons. The fourth-order valence-electron chi connectivity index (χ4n) is 0.873. The lowest BCUT2D eigenvalue weighted by Crippen LogP contribution is -2.17. The molecule has 0 unspecified atom stereocenters. The number of hydrogen-bond donors (Lipinski definition) is 0. The Kier molecular flexibility index (Phi) is 2.65. The molecule has 0 atom stereocenters. The second-order valence-corrected chi connectivity index (χ2v) is 2.48. The van der Waals surface area contributed by atoms with Crippen molar-refractivity contribution in [3.63, 3.8) is 0 Å². The van der Waals surface area contributed by atoms with Crippen molar-refractivity contribution < 1.29 is 17.9 Å². The molecule has 1 aromatic carbocycles. The molecule has 0 spiro atoms. The molecule has 73 valence electrons. The number of alkyl halides is 3. The van der Waals surface area contributed by atoms with Crippen molar-refractivity contribution >= 4 is 0 Å². The van der Waals surface area contributed by atoms with Crippen molar-refractivity contribution in [1.82, 2.24) is 0 Å². The number of hydrogen-bond acceptors (Lipinski definition) is 2. The van der Waals surface area contributed by atoms with E-state index in [1.165, 1.54) is 12.1 Å². The van der Waals surface area contributed by atoms with E-state index in [0.717, 1.165) is 6.07 Å². The van der Waals surface area contributed by atoms with Crippen molar-refractivity contribution in [3.8, 4) is 11.8 Å². The van der Waals surface area contributed by atoms with Crippen LogP contribution in [0.25, 0.3) is 0 Å². The van der Waals surface area contributed by atoms with Crippen LogP contribution in [0.1, 0.15) is 11.1 Å². The van der Waals surface area contributed by atoms with Gasteiger partial charge in [-0.05, 0) is 30.7 Å². The van der Waals surface area contributed by atoms with E-state index in [2.05, 4.69) is 11.7 Å². The van der Waals surface area contributed by atoms with E-state index in [1.807, 2.05) is 0 Å². The molecule has 0 fully saturated rings. The van der Waals surface area contributed by atoms with Gasteiger partial charge in [0.1, 0.15) is 5.75 Å². The third-order valence-electron chi connectivity index (χ3n) is 1.42.